The average Bonchev–Trinajstić information content (AvgIpc) is 3.15. The summed E-state index contributed by atoms with van der Waals surface area (Å²) in [5.74, 6) is -0.401. The van der Waals surface area contributed by atoms with E-state index < -0.39 is 33.7 Å². The van der Waals surface area contributed by atoms with Crippen molar-refractivity contribution < 1.29 is 27.9 Å². The Balaban J connectivity index is 1.84. The van der Waals surface area contributed by atoms with Crippen molar-refractivity contribution in [1.29, 1.82) is 0 Å². The van der Waals surface area contributed by atoms with Crippen LogP contribution in [0.5, 0.6) is 0 Å². The number of hydrogen-bond donors (Lipinski definition) is 3. The number of nitrogens with one attached hydrogen (secondary N) is 2. The van der Waals surface area contributed by atoms with Crippen LogP contribution in [-0.4, -0.2) is 84.1 Å². The van der Waals surface area contributed by atoms with Gasteiger partial charge in [0.15, 0.2) is 0 Å². The molecule has 2 aromatic rings. The second-order valence-electron chi connectivity index (χ2n) is 8.83. The van der Waals surface area contributed by atoms with E-state index in [-0.39, 0.29) is 44.2 Å². The number of aliphatic hydroxyl groups excluding tert-OH is 1. The molecule has 1 unspecified atom stereocenters. The van der Waals surface area contributed by atoms with Crippen molar-refractivity contribution >= 4 is 44.5 Å². The number of H-pyrrole nitrogens is 1. The van der Waals surface area contributed by atoms with Gasteiger partial charge in [0.1, 0.15) is 10.6 Å². The number of benzene rings is 1. The lowest BCUT2D eigenvalue weighted by molar-refractivity contribution is -0.122. The zero-order valence-electron chi connectivity index (χ0n) is 18.8. The Bertz CT molecular complexity index is 1130. The summed E-state index contributed by atoms with van der Waals surface area (Å²) in [6, 6.07) is 5.81. The predicted octanol–water partition coefficient (Wildman–Crippen LogP) is 1.93. The molecule has 0 spiro atoms. The fraction of sp³-hybridized carbons (Fsp3) is 0.524. The number of piperazine rings is 1. The first-order valence-electron chi connectivity index (χ1n) is 10.6. The lowest BCUT2D eigenvalue weighted by Crippen LogP contribution is -2.58. The van der Waals surface area contributed by atoms with E-state index in [4.69, 9.17) is 21.4 Å². The van der Waals surface area contributed by atoms with Gasteiger partial charge in [-0.05, 0) is 45.0 Å². The van der Waals surface area contributed by atoms with Crippen molar-refractivity contribution in [3.8, 4) is 0 Å². The van der Waals surface area contributed by atoms with Crippen LogP contribution in [-0.2, 0) is 19.6 Å². The maximum atomic E-state index is 13.3. The van der Waals surface area contributed by atoms with Crippen LogP contribution in [0.25, 0.3) is 10.9 Å². The molecule has 2 amide bonds. The Hall–Kier alpha value is -2.34. The maximum absolute atomic E-state index is 13.3. The van der Waals surface area contributed by atoms with Gasteiger partial charge in [0, 0.05) is 48.5 Å². The monoisotopic (exact) mass is 500 g/mol. The molecule has 3 N–H and O–H groups in total. The third kappa shape index (κ3) is 6.17. The summed E-state index contributed by atoms with van der Waals surface area (Å²) < 4.78 is 33.4. The smallest absolute Gasteiger partial charge is 0.410 e. The topological polar surface area (TPSA) is 132 Å². The van der Waals surface area contributed by atoms with Crippen LogP contribution in [0.2, 0.25) is 5.02 Å². The number of sulfonamides is 1. The fourth-order valence-electron chi connectivity index (χ4n) is 3.62. The maximum Gasteiger partial charge on any atom is 0.410 e. The molecule has 12 heteroatoms. The summed E-state index contributed by atoms with van der Waals surface area (Å²) in [7, 11) is -3.92. The van der Waals surface area contributed by atoms with Crippen molar-refractivity contribution in [3.05, 3.63) is 29.3 Å². The number of nitrogens with zero attached hydrogens (tertiary/aromatic N) is 2. The molecule has 1 aliphatic heterocycles. The SMILES string of the molecule is CC(C)(C)OC(=O)N1CCN(S(=O)(=O)c2cc3cc(Cl)ccc3[nH]2)CC1CC(=O)NCCO. The standard InChI is InChI=1S/C21H29ClN4O6S/c1-21(2,3)32-20(29)26-8-7-25(13-16(26)12-18(28)23-6-9-27)33(30,31)19-11-14-10-15(22)4-5-17(14)24-19/h4-5,10-11,16,24,27H,6-9,12-13H2,1-3H3,(H,23,28). The van der Waals surface area contributed by atoms with Crippen LogP contribution in [0.3, 0.4) is 0 Å². The average molecular weight is 501 g/mol. The summed E-state index contributed by atoms with van der Waals surface area (Å²) >= 11 is 6.01. The van der Waals surface area contributed by atoms with Gasteiger partial charge in [-0.3, -0.25) is 4.79 Å². The van der Waals surface area contributed by atoms with E-state index in [2.05, 4.69) is 10.3 Å². The molecule has 10 nitrogen and oxygen atoms in total. The molecule has 1 aromatic heterocycles. The van der Waals surface area contributed by atoms with Gasteiger partial charge in [-0.2, -0.15) is 4.31 Å². The third-order valence-corrected chi connectivity index (χ3v) is 7.13. The number of carbonyl (C=O) groups excluding carboxylic acids is 2. The summed E-state index contributed by atoms with van der Waals surface area (Å²) in [5, 5.41) is 12.6. The number of rotatable bonds is 6. The highest BCUT2D eigenvalue weighted by molar-refractivity contribution is 7.89. The van der Waals surface area contributed by atoms with Crippen LogP contribution in [0.1, 0.15) is 27.2 Å². The van der Waals surface area contributed by atoms with Gasteiger partial charge in [-0.25, -0.2) is 13.2 Å². The Morgan fingerprint density at radius 1 is 1.27 bits per heavy atom. The first-order valence-corrected chi connectivity index (χ1v) is 12.4. The number of carbonyl (C=O) groups is 2. The number of ether oxygens (including phenoxy) is 1. The third-order valence-electron chi connectivity index (χ3n) is 5.10. The largest absolute Gasteiger partial charge is 0.444 e. The minimum absolute atomic E-state index is 0.00830. The van der Waals surface area contributed by atoms with E-state index in [0.29, 0.717) is 15.9 Å². The number of hydrogen-bond acceptors (Lipinski definition) is 6. The van der Waals surface area contributed by atoms with Gasteiger partial charge in [-0.15, -0.1) is 0 Å². The lowest BCUT2D eigenvalue weighted by atomic mass is 10.1. The van der Waals surface area contributed by atoms with Crippen molar-refractivity contribution in [3.63, 3.8) is 0 Å². The minimum Gasteiger partial charge on any atom is -0.444 e. The second-order valence-corrected chi connectivity index (χ2v) is 11.2. The van der Waals surface area contributed by atoms with Gasteiger partial charge in [0.25, 0.3) is 10.0 Å². The van der Waals surface area contributed by atoms with Crippen LogP contribution < -0.4 is 5.32 Å². The first-order chi connectivity index (χ1) is 15.4. The fourth-order valence-corrected chi connectivity index (χ4v) is 5.28. The zero-order chi connectivity index (χ0) is 24.4. The second kappa shape index (κ2) is 9.88. The number of aromatic nitrogens is 1. The molecule has 1 atom stereocenters. The van der Waals surface area contributed by atoms with Gasteiger partial charge in [0.2, 0.25) is 5.91 Å². The van der Waals surface area contributed by atoms with Crippen LogP contribution in [0.4, 0.5) is 4.79 Å². The van der Waals surface area contributed by atoms with Crippen molar-refractivity contribution in [1.82, 2.24) is 19.5 Å². The van der Waals surface area contributed by atoms with Crippen LogP contribution >= 0.6 is 11.6 Å². The highest BCUT2D eigenvalue weighted by Gasteiger charge is 2.39. The summed E-state index contributed by atoms with van der Waals surface area (Å²) in [4.78, 5) is 29.4. The Kier molecular flexibility index (Phi) is 7.57. The summed E-state index contributed by atoms with van der Waals surface area (Å²) in [6.45, 7) is 5.08. The summed E-state index contributed by atoms with van der Waals surface area (Å²) in [6.07, 6.45) is -0.743. The Labute approximate surface area is 197 Å². The molecule has 3 rings (SSSR count). The highest BCUT2D eigenvalue weighted by atomic mass is 35.5. The van der Waals surface area contributed by atoms with Gasteiger partial charge < -0.3 is 25.0 Å². The zero-order valence-corrected chi connectivity index (χ0v) is 20.4. The number of aliphatic hydroxyl groups is 1. The number of halogens is 1. The molecule has 1 fully saturated rings. The number of fused-ring (bicyclic) bond motifs is 1. The van der Waals surface area contributed by atoms with Gasteiger partial charge in [-0.1, -0.05) is 11.6 Å². The molecule has 1 aliphatic rings. The van der Waals surface area contributed by atoms with Crippen molar-refractivity contribution in [2.24, 2.45) is 0 Å². The highest BCUT2D eigenvalue weighted by Crippen LogP contribution is 2.27. The van der Waals surface area contributed by atoms with E-state index in [1.165, 1.54) is 15.3 Å². The van der Waals surface area contributed by atoms with Gasteiger partial charge in [0.05, 0.1) is 12.6 Å². The molecule has 2 heterocycles. The molecule has 182 valence electrons. The Morgan fingerprint density at radius 2 is 2.00 bits per heavy atom. The molecule has 33 heavy (non-hydrogen) atoms. The van der Waals surface area contributed by atoms with E-state index in [1.54, 1.807) is 39.0 Å². The van der Waals surface area contributed by atoms with E-state index >= 15 is 0 Å². The first kappa shape index (κ1) is 25.3. The normalized spacial score (nSPS) is 17.8. The minimum atomic E-state index is -3.92. The summed E-state index contributed by atoms with van der Waals surface area (Å²) in [5.41, 5.74) is -0.111. The Morgan fingerprint density at radius 3 is 2.67 bits per heavy atom. The van der Waals surface area contributed by atoms with Crippen molar-refractivity contribution in [2.75, 3.05) is 32.8 Å². The molecule has 0 aliphatic carbocycles. The molecule has 0 saturated carbocycles. The van der Waals surface area contributed by atoms with Crippen molar-refractivity contribution in [2.45, 2.75) is 43.9 Å². The van der Waals surface area contributed by atoms with Crippen LogP contribution in [0, 0.1) is 0 Å². The number of aromatic amines is 1. The molecular weight excluding hydrogens is 472 g/mol. The van der Waals surface area contributed by atoms with E-state index in [1.807, 2.05) is 0 Å². The molecular formula is C21H29ClN4O6S. The molecule has 0 radical (unpaired) electrons. The predicted molar refractivity (Wildman–Crippen MR) is 124 cm³/mol. The molecule has 1 aromatic carbocycles. The van der Waals surface area contributed by atoms with Gasteiger partial charge >= 0.3 is 6.09 Å². The molecule has 1 saturated heterocycles. The van der Waals surface area contributed by atoms with E-state index in [9.17, 15) is 18.0 Å². The van der Waals surface area contributed by atoms with Crippen LogP contribution in [0.15, 0.2) is 29.3 Å². The lowest BCUT2D eigenvalue weighted by Gasteiger charge is -2.40. The molecule has 0 bridgehead atoms. The number of amides is 2. The quantitative estimate of drug-likeness (QED) is 0.555. The van der Waals surface area contributed by atoms with E-state index in [0.717, 1.165) is 0 Å².